The summed E-state index contributed by atoms with van der Waals surface area (Å²) in [6, 6.07) is 6.87. The molecule has 0 bridgehead atoms. The number of carboxylic acids is 1. The van der Waals surface area contributed by atoms with Crippen molar-refractivity contribution in [1.82, 2.24) is 5.32 Å². The molecular formula is C15H21NO5. The quantitative estimate of drug-likeness (QED) is 0.562. The van der Waals surface area contributed by atoms with E-state index in [9.17, 15) is 19.8 Å². The molecule has 0 aliphatic rings. The number of carbonyl (C=O) groups is 2. The fourth-order valence-electron chi connectivity index (χ4n) is 1.96. The highest BCUT2D eigenvalue weighted by Gasteiger charge is 2.18. The van der Waals surface area contributed by atoms with Crippen molar-refractivity contribution in [2.75, 3.05) is 6.54 Å². The Kier molecular flexibility index (Phi) is 6.84. The number of hydrogen-bond donors (Lipinski definition) is 4. The van der Waals surface area contributed by atoms with Crippen LogP contribution >= 0.6 is 0 Å². The van der Waals surface area contributed by atoms with Crippen molar-refractivity contribution in [2.45, 2.75) is 38.4 Å². The van der Waals surface area contributed by atoms with E-state index in [2.05, 4.69) is 5.32 Å². The second kappa shape index (κ2) is 8.39. The van der Waals surface area contributed by atoms with Gasteiger partial charge in [-0.3, -0.25) is 9.59 Å². The second-order valence-electron chi connectivity index (χ2n) is 4.92. The number of aliphatic hydroxyl groups is 2. The summed E-state index contributed by atoms with van der Waals surface area (Å²) >= 11 is 0. The van der Waals surface area contributed by atoms with Gasteiger partial charge in [0.25, 0.3) is 0 Å². The van der Waals surface area contributed by atoms with Gasteiger partial charge in [-0.15, -0.1) is 0 Å². The first-order chi connectivity index (χ1) is 9.90. The van der Waals surface area contributed by atoms with E-state index >= 15 is 0 Å². The number of benzene rings is 1. The van der Waals surface area contributed by atoms with Gasteiger partial charge in [-0.2, -0.15) is 0 Å². The lowest BCUT2D eigenvalue weighted by Gasteiger charge is -2.19. The van der Waals surface area contributed by atoms with E-state index < -0.39 is 18.2 Å². The smallest absolute Gasteiger partial charge is 0.303 e. The Morgan fingerprint density at radius 2 is 2.00 bits per heavy atom. The van der Waals surface area contributed by atoms with Crippen molar-refractivity contribution in [1.29, 1.82) is 0 Å². The Balaban J connectivity index is 2.59. The number of amides is 1. The predicted octanol–water partition coefficient (Wildman–Crippen LogP) is 0.624. The third-order valence-corrected chi connectivity index (χ3v) is 3.10. The fraction of sp³-hybridized carbons (Fsp3) is 0.467. The van der Waals surface area contributed by atoms with Crippen molar-refractivity contribution in [3.63, 3.8) is 0 Å². The maximum absolute atomic E-state index is 10.7. The second-order valence-corrected chi connectivity index (χ2v) is 4.92. The van der Waals surface area contributed by atoms with Crippen molar-refractivity contribution >= 4 is 11.9 Å². The lowest BCUT2D eigenvalue weighted by Crippen LogP contribution is -2.27. The van der Waals surface area contributed by atoms with Crippen molar-refractivity contribution in [3.05, 3.63) is 35.4 Å². The van der Waals surface area contributed by atoms with Crippen LogP contribution in [0, 0.1) is 0 Å². The number of aliphatic carboxylic acids is 1. The Morgan fingerprint density at radius 1 is 1.29 bits per heavy atom. The van der Waals surface area contributed by atoms with E-state index in [1.54, 1.807) is 24.3 Å². The van der Waals surface area contributed by atoms with Crippen LogP contribution in [-0.4, -0.2) is 39.8 Å². The van der Waals surface area contributed by atoms with Gasteiger partial charge in [0, 0.05) is 19.9 Å². The Hall–Kier alpha value is -1.92. The summed E-state index contributed by atoms with van der Waals surface area (Å²) in [6.45, 7) is 1.67. The molecule has 21 heavy (non-hydrogen) atoms. The van der Waals surface area contributed by atoms with Crippen LogP contribution in [0.3, 0.4) is 0 Å². The molecule has 0 heterocycles. The zero-order valence-electron chi connectivity index (χ0n) is 12.0. The van der Waals surface area contributed by atoms with Gasteiger partial charge < -0.3 is 20.6 Å². The summed E-state index contributed by atoms with van der Waals surface area (Å²) in [5.41, 5.74) is 1.33. The molecule has 1 aromatic carbocycles. The molecule has 1 aromatic rings. The van der Waals surface area contributed by atoms with E-state index in [1.165, 1.54) is 6.92 Å². The molecule has 0 radical (unpaired) electrons. The molecule has 2 unspecified atom stereocenters. The number of aryl methyl sites for hydroxylation is 1. The molecule has 6 nitrogen and oxygen atoms in total. The maximum Gasteiger partial charge on any atom is 0.303 e. The molecule has 116 valence electrons. The highest BCUT2D eigenvalue weighted by atomic mass is 16.4. The van der Waals surface area contributed by atoms with Crippen LogP contribution in [0.1, 0.15) is 37.0 Å². The third kappa shape index (κ3) is 6.37. The van der Waals surface area contributed by atoms with Gasteiger partial charge in [-0.25, -0.2) is 0 Å². The third-order valence-electron chi connectivity index (χ3n) is 3.10. The largest absolute Gasteiger partial charge is 0.481 e. The summed E-state index contributed by atoms with van der Waals surface area (Å²) in [7, 11) is 0. The first-order valence-electron chi connectivity index (χ1n) is 6.81. The molecule has 0 fully saturated rings. The number of aliphatic hydroxyl groups excluding tert-OH is 2. The molecule has 0 aliphatic carbocycles. The molecule has 0 saturated heterocycles. The standard InChI is InChI=1S/C15H21NO5/c1-10(17)16-8-7-13(18)15(21)12-4-2-3-11(9-12)5-6-14(19)20/h2-4,9,13,15,18,21H,5-8H2,1H3,(H,16,17)(H,19,20). The fourth-order valence-corrected chi connectivity index (χ4v) is 1.96. The molecule has 2 atom stereocenters. The first kappa shape index (κ1) is 17.1. The van der Waals surface area contributed by atoms with E-state index in [-0.39, 0.29) is 25.3 Å². The monoisotopic (exact) mass is 295 g/mol. The Labute approximate surface area is 123 Å². The molecule has 6 heteroatoms. The lowest BCUT2D eigenvalue weighted by atomic mass is 9.98. The summed E-state index contributed by atoms with van der Waals surface area (Å²) in [4.78, 5) is 21.3. The van der Waals surface area contributed by atoms with Crippen LogP contribution in [0.5, 0.6) is 0 Å². The Bertz CT molecular complexity index is 489. The van der Waals surface area contributed by atoms with Crippen LogP contribution in [-0.2, 0) is 16.0 Å². The summed E-state index contributed by atoms with van der Waals surface area (Å²) < 4.78 is 0. The molecule has 0 saturated carbocycles. The van der Waals surface area contributed by atoms with Crippen molar-refractivity contribution in [2.24, 2.45) is 0 Å². The number of carbonyl (C=O) groups excluding carboxylic acids is 1. The number of nitrogens with one attached hydrogen (secondary N) is 1. The average molecular weight is 295 g/mol. The highest BCUT2D eigenvalue weighted by molar-refractivity contribution is 5.72. The average Bonchev–Trinajstić information content (AvgIpc) is 2.44. The van der Waals surface area contributed by atoms with Crippen molar-refractivity contribution in [3.8, 4) is 0 Å². The summed E-state index contributed by atoms with van der Waals surface area (Å²) in [6.07, 6.45) is -1.43. The van der Waals surface area contributed by atoms with Crippen LogP contribution < -0.4 is 5.32 Å². The van der Waals surface area contributed by atoms with Crippen molar-refractivity contribution < 1.29 is 24.9 Å². The minimum atomic E-state index is -1.07. The first-order valence-corrected chi connectivity index (χ1v) is 6.81. The molecule has 0 spiro atoms. The zero-order chi connectivity index (χ0) is 15.8. The SMILES string of the molecule is CC(=O)NCCC(O)C(O)c1cccc(CCC(=O)O)c1. The normalized spacial score (nSPS) is 13.5. The van der Waals surface area contributed by atoms with Gasteiger partial charge in [-0.1, -0.05) is 24.3 Å². The number of hydrogen-bond acceptors (Lipinski definition) is 4. The highest BCUT2D eigenvalue weighted by Crippen LogP contribution is 2.20. The molecule has 1 rings (SSSR count). The summed E-state index contributed by atoms with van der Waals surface area (Å²) in [5.74, 6) is -1.07. The Morgan fingerprint density at radius 3 is 2.62 bits per heavy atom. The van der Waals surface area contributed by atoms with Gasteiger partial charge in [0.05, 0.1) is 6.10 Å². The minimum Gasteiger partial charge on any atom is -0.481 e. The number of rotatable bonds is 8. The maximum atomic E-state index is 10.7. The van der Waals surface area contributed by atoms with Crippen LogP contribution in [0.4, 0.5) is 0 Å². The van der Waals surface area contributed by atoms with Gasteiger partial charge >= 0.3 is 5.97 Å². The van der Waals surface area contributed by atoms with Crippen LogP contribution in [0.2, 0.25) is 0 Å². The van der Waals surface area contributed by atoms with Crippen LogP contribution in [0.25, 0.3) is 0 Å². The molecule has 0 aliphatic heterocycles. The topological polar surface area (TPSA) is 107 Å². The molecule has 1 amide bonds. The zero-order valence-corrected chi connectivity index (χ0v) is 12.0. The predicted molar refractivity (Wildman–Crippen MR) is 76.7 cm³/mol. The van der Waals surface area contributed by atoms with Crippen LogP contribution in [0.15, 0.2) is 24.3 Å². The lowest BCUT2D eigenvalue weighted by molar-refractivity contribution is -0.137. The van der Waals surface area contributed by atoms with E-state index in [0.29, 0.717) is 12.0 Å². The van der Waals surface area contributed by atoms with Gasteiger partial charge in [0.2, 0.25) is 5.91 Å². The van der Waals surface area contributed by atoms with E-state index in [0.717, 1.165) is 5.56 Å². The van der Waals surface area contributed by atoms with Gasteiger partial charge in [0.1, 0.15) is 6.10 Å². The van der Waals surface area contributed by atoms with Gasteiger partial charge in [-0.05, 0) is 24.0 Å². The summed E-state index contributed by atoms with van der Waals surface area (Å²) in [5, 5.41) is 31.2. The van der Waals surface area contributed by atoms with E-state index in [1.807, 2.05) is 0 Å². The molecular weight excluding hydrogens is 274 g/mol. The minimum absolute atomic E-state index is 0.0185. The molecule has 0 aromatic heterocycles. The number of carboxylic acid groups (broad SMARTS) is 1. The van der Waals surface area contributed by atoms with Gasteiger partial charge in [0.15, 0.2) is 0 Å². The van der Waals surface area contributed by atoms with E-state index in [4.69, 9.17) is 5.11 Å². The molecule has 4 N–H and O–H groups in total.